The van der Waals surface area contributed by atoms with Crippen LogP contribution in [0.5, 0.6) is 0 Å². The van der Waals surface area contributed by atoms with Crippen molar-refractivity contribution in [1.29, 1.82) is 0 Å². The predicted octanol–water partition coefficient (Wildman–Crippen LogP) is 3.78. The first kappa shape index (κ1) is 19.2. The summed E-state index contributed by atoms with van der Waals surface area (Å²) in [6.07, 6.45) is 0. The van der Waals surface area contributed by atoms with Crippen LogP contribution in [0.25, 0.3) is 0 Å². The minimum absolute atomic E-state index is 0.258. The Hall–Kier alpha value is -1.82. The van der Waals surface area contributed by atoms with E-state index in [1.54, 1.807) is 0 Å². The van der Waals surface area contributed by atoms with Crippen LogP contribution in [0.1, 0.15) is 25.0 Å². The zero-order valence-electron chi connectivity index (χ0n) is 13.5. The van der Waals surface area contributed by atoms with E-state index in [2.05, 4.69) is 71.0 Å². The average molecular weight is 417 g/mol. The van der Waals surface area contributed by atoms with Crippen molar-refractivity contribution in [3.8, 4) is 0 Å². The van der Waals surface area contributed by atoms with Gasteiger partial charge in [0.15, 0.2) is 0 Å². The molecule has 0 amide bonds. The van der Waals surface area contributed by atoms with Crippen molar-refractivity contribution in [3.63, 3.8) is 0 Å². The second-order valence-corrected chi connectivity index (χ2v) is 8.39. The molecule has 2 radical (unpaired) electrons. The fraction of sp³-hybridized carbons (Fsp3) is 0.222. The topological polar surface area (TPSA) is 65.2 Å². The van der Waals surface area contributed by atoms with Gasteiger partial charge in [-0.3, -0.25) is 0 Å². The van der Waals surface area contributed by atoms with Crippen LogP contribution < -0.4 is 0 Å². The van der Waals surface area contributed by atoms with E-state index in [1.165, 1.54) is 33.8 Å². The third-order valence-corrected chi connectivity index (χ3v) is 6.92. The molecule has 0 saturated heterocycles. The molecular weight excluding hydrogens is 395 g/mol. The Morgan fingerprint density at radius 1 is 0.739 bits per heavy atom. The van der Waals surface area contributed by atoms with Crippen LogP contribution >= 0.6 is 0 Å². The van der Waals surface area contributed by atoms with Gasteiger partial charge in [-0.25, -0.2) is 0 Å². The number of hydrogen-bond donors (Lipinski definition) is 2. The number of benzene rings is 2. The Bertz CT molecular complexity index is 558. The Morgan fingerprint density at radius 2 is 1.09 bits per heavy atom. The van der Waals surface area contributed by atoms with Crippen molar-refractivity contribution < 1.29 is 10.4 Å². The molecule has 0 spiro atoms. The fourth-order valence-corrected chi connectivity index (χ4v) is 5.04. The number of hydrogen-bond acceptors (Lipinski definition) is 4. The minimum atomic E-state index is -0.258. The van der Waals surface area contributed by atoms with Crippen molar-refractivity contribution in [3.05, 3.63) is 71.8 Å². The van der Waals surface area contributed by atoms with Crippen LogP contribution in [0.3, 0.4) is 0 Å². The molecule has 2 rings (SSSR count). The van der Waals surface area contributed by atoms with Gasteiger partial charge in [0.2, 0.25) is 0 Å². The van der Waals surface area contributed by atoms with Crippen molar-refractivity contribution in [2.75, 3.05) is 0 Å². The standard InChI is InChI=1S/2C7H7.C4H8N2O2.Sn/c2*1-7-5-3-2-4-6-7;1-3(5-7)4(2)6-8;/h2*2-6H,1H2;7-8H,1-2H3;. The van der Waals surface area contributed by atoms with Gasteiger partial charge in [0, 0.05) is 0 Å². The molecule has 0 unspecified atom stereocenters. The molecule has 120 valence electrons. The summed E-state index contributed by atoms with van der Waals surface area (Å²) in [6, 6.07) is 21.7. The molecule has 0 fully saturated rings. The number of nitrogens with zero attached hydrogens (tertiary/aromatic N) is 2. The fourth-order valence-electron chi connectivity index (χ4n) is 1.69. The Balaban J connectivity index is 0.000000284. The summed E-state index contributed by atoms with van der Waals surface area (Å²) < 4.78 is 2.69. The molecule has 4 nitrogen and oxygen atoms in total. The van der Waals surface area contributed by atoms with Gasteiger partial charge in [-0.05, 0) is 13.8 Å². The first-order valence-electron chi connectivity index (χ1n) is 7.33. The van der Waals surface area contributed by atoms with Gasteiger partial charge >= 0.3 is 102 Å². The SMILES string of the molecule is CC(=NO)C(C)=NO.c1ccc([CH2][Sn][CH2]c2ccccc2)cc1. The molecule has 0 aliphatic carbocycles. The molecule has 0 saturated carbocycles. The summed E-state index contributed by atoms with van der Waals surface area (Å²) in [4.78, 5) is 0. The Kier molecular flexibility index (Phi) is 9.79. The molecule has 23 heavy (non-hydrogen) atoms. The van der Waals surface area contributed by atoms with Gasteiger partial charge in [0.25, 0.3) is 0 Å². The van der Waals surface area contributed by atoms with Crippen LogP contribution in [0, 0.1) is 0 Å². The van der Waals surface area contributed by atoms with Crippen molar-refractivity contribution in [2.45, 2.75) is 22.7 Å². The van der Waals surface area contributed by atoms with E-state index < -0.39 is 0 Å². The second-order valence-electron chi connectivity index (χ2n) is 4.95. The van der Waals surface area contributed by atoms with Crippen molar-refractivity contribution >= 4 is 32.6 Å². The molecular formula is C18H22N2O2Sn. The molecule has 2 N–H and O–H groups in total. The normalized spacial score (nSPS) is 11.6. The summed E-state index contributed by atoms with van der Waals surface area (Å²) in [6.45, 7) is 3.07. The summed E-state index contributed by atoms with van der Waals surface area (Å²) >= 11 is -0.258. The second kappa shape index (κ2) is 11.7. The number of oxime groups is 2. The van der Waals surface area contributed by atoms with E-state index >= 15 is 0 Å². The molecule has 2 aromatic rings. The third-order valence-electron chi connectivity index (χ3n) is 3.17. The van der Waals surface area contributed by atoms with Gasteiger partial charge in [-0.15, -0.1) is 0 Å². The summed E-state index contributed by atoms with van der Waals surface area (Å²) in [7, 11) is 0. The van der Waals surface area contributed by atoms with E-state index in [0.717, 1.165) is 0 Å². The van der Waals surface area contributed by atoms with Crippen molar-refractivity contribution in [1.82, 2.24) is 0 Å². The molecule has 0 atom stereocenters. The molecule has 5 heteroatoms. The first-order valence-corrected chi connectivity index (χ1v) is 11.4. The zero-order chi connectivity index (χ0) is 16.9. The molecule has 0 bridgehead atoms. The Labute approximate surface area is 147 Å². The maximum atomic E-state index is 8.03. The van der Waals surface area contributed by atoms with Gasteiger partial charge in [-0.2, -0.15) is 0 Å². The van der Waals surface area contributed by atoms with Crippen molar-refractivity contribution in [2.24, 2.45) is 10.3 Å². The molecule has 2 aromatic carbocycles. The van der Waals surface area contributed by atoms with Crippen LogP contribution in [0.15, 0.2) is 71.0 Å². The van der Waals surface area contributed by atoms with E-state index in [9.17, 15) is 0 Å². The quantitative estimate of drug-likeness (QED) is 0.337. The van der Waals surface area contributed by atoms with Crippen LogP contribution in [-0.4, -0.2) is 43.0 Å². The predicted molar refractivity (Wildman–Crippen MR) is 95.8 cm³/mol. The van der Waals surface area contributed by atoms with Gasteiger partial charge in [0.05, 0.1) is 0 Å². The van der Waals surface area contributed by atoms with E-state index in [-0.39, 0.29) is 21.1 Å². The third kappa shape index (κ3) is 8.40. The summed E-state index contributed by atoms with van der Waals surface area (Å²) in [5, 5.41) is 21.6. The average Bonchev–Trinajstić information content (AvgIpc) is 2.62. The van der Waals surface area contributed by atoms with E-state index in [0.29, 0.717) is 11.4 Å². The Morgan fingerprint density at radius 3 is 1.39 bits per heavy atom. The van der Waals surface area contributed by atoms with Crippen LogP contribution in [0.4, 0.5) is 0 Å². The monoisotopic (exact) mass is 418 g/mol. The molecule has 0 aromatic heterocycles. The van der Waals surface area contributed by atoms with E-state index in [4.69, 9.17) is 10.4 Å². The maximum absolute atomic E-state index is 8.03. The summed E-state index contributed by atoms with van der Waals surface area (Å²) in [5.41, 5.74) is 3.65. The van der Waals surface area contributed by atoms with Crippen LogP contribution in [-0.2, 0) is 8.87 Å². The molecule has 0 aliphatic rings. The van der Waals surface area contributed by atoms with Gasteiger partial charge in [0.1, 0.15) is 11.4 Å². The molecule has 0 heterocycles. The summed E-state index contributed by atoms with van der Waals surface area (Å²) in [5.74, 6) is 0. The van der Waals surface area contributed by atoms with Gasteiger partial charge < -0.3 is 10.4 Å². The van der Waals surface area contributed by atoms with Gasteiger partial charge in [-0.1, -0.05) is 10.3 Å². The number of rotatable bonds is 5. The van der Waals surface area contributed by atoms with Crippen LogP contribution in [0.2, 0.25) is 0 Å². The zero-order valence-corrected chi connectivity index (χ0v) is 16.3. The van der Waals surface area contributed by atoms with E-state index in [1.807, 2.05) is 0 Å². The first-order chi connectivity index (χ1) is 11.2. The molecule has 0 aliphatic heterocycles.